The molecule has 0 fully saturated rings. The number of aryl methyl sites for hydroxylation is 2. The number of hydrogen-bond acceptors (Lipinski definition) is 10. The highest BCUT2D eigenvalue weighted by Gasteiger charge is 2.15. The van der Waals surface area contributed by atoms with E-state index in [1.165, 1.54) is 24.8 Å². The zero-order valence-electron chi connectivity index (χ0n) is 21.2. The van der Waals surface area contributed by atoms with Crippen LogP contribution in [0.25, 0.3) is 0 Å². The third-order valence-electron chi connectivity index (χ3n) is 5.40. The van der Waals surface area contributed by atoms with Crippen molar-refractivity contribution in [3.63, 3.8) is 0 Å². The van der Waals surface area contributed by atoms with Gasteiger partial charge in [-0.15, -0.1) is 0 Å². The van der Waals surface area contributed by atoms with Crippen LogP contribution < -0.4 is 20.1 Å². The van der Waals surface area contributed by atoms with Crippen LogP contribution in [-0.2, 0) is 0 Å². The van der Waals surface area contributed by atoms with E-state index in [2.05, 4.69) is 20.6 Å². The Labute approximate surface area is 218 Å². The topological polar surface area (TPSA) is 155 Å². The molecule has 0 aliphatic carbocycles. The third-order valence-corrected chi connectivity index (χ3v) is 5.40. The molecule has 2 aromatic carbocycles. The summed E-state index contributed by atoms with van der Waals surface area (Å²) in [6.45, 7) is 3.80. The van der Waals surface area contributed by atoms with E-state index in [0.717, 1.165) is 34.0 Å². The van der Waals surface area contributed by atoms with Crippen molar-refractivity contribution in [1.29, 1.82) is 0 Å². The molecule has 0 amide bonds. The molecule has 12 heteroatoms. The average molecular weight is 519 g/mol. The van der Waals surface area contributed by atoms with Crippen molar-refractivity contribution in [2.45, 2.75) is 13.8 Å². The number of methoxy groups -OCH3 is 2. The molecule has 4 rings (SSSR count). The van der Waals surface area contributed by atoms with Gasteiger partial charge in [0.15, 0.2) is 0 Å². The van der Waals surface area contributed by atoms with Gasteiger partial charge in [0.1, 0.15) is 35.3 Å². The molecule has 0 bridgehead atoms. The second kappa shape index (κ2) is 12.6. The van der Waals surface area contributed by atoms with E-state index in [9.17, 15) is 20.2 Å². The first-order valence-corrected chi connectivity index (χ1v) is 11.2. The van der Waals surface area contributed by atoms with E-state index in [4.69, 9.17) is 9.47 Å². The molecule has 12 nitrogen and oxygen atoms in total. The monoisotopic (exact) mass is 518 g/mol. The van der Waals surface area contributed by atoms with Gasteiger partial charge in [-0.2, -0.15) is 0 Å². The van der Waals surface area contributed by atoms with Crippen molar-refractivity contribution in [2.24, 2.45) is 0 Å². The molecule has 4 aromatic rings. The van der Waals surface area contributed by atoms with Gasteiger partial charge in [-0.25, -0.2) is 0 Å². The maximum atomic E-state index is 10.9. The largest absolute Gasteiger partial charge is 0.497 e. The van der Waals surface area contributed by atoms with Gasteiger partial charge in [0.25, 0.3) is 0 Å². The maximum absolute atomic E-state index is 10.9. The lowest BCUT2D eigenvalue weighted by Crippen LogP contribution is -1.99. The fourth-order valence-electron chi connectivity index (χ4n) is 3.37. The Hall–Kier alpha value is -5.26. The smallest absolute Gasteiger partial charge is 0.310 e. The molecule has 196 valence electrons. The first kappa shape index (κ1) is 27.3. The molecule has 38 heavy (non-hydrogen) atoms. The van der Waals surface area contributed by atoms with E-state index >= 15 is 0 Å². The number of aromatic nitrogens is 2. The van der Waals surface area contributed by atoms with Crippen LogP contribution in [0, 0.1) is 34.1 Å². The number of ether oxygens (including phenoxy) is 2. The predicted octanol–water partition coefficient (Wildman–Crippen LogP) is 6.10. The van der Waals surface area contributed by atoms with Gasteiger partial charge in [0, 0.05) is 23.8 Å². The molecule has 0 radical (unpaired) electrons. The molecule has 0 aliphatic rings. The lowest BCUT2D eigenvalue weighted by molar-refractivity contribution is -0.384. The summed E-state index contributed by atoms with van der Waals surface area (Å²) in [7, 11) is 3.19. The number of nitrogens with zero attached hydrogens (tertiary/aromatic N) is 4. The Balaban J connectivity index is 0.000000211. The molecule has 2 heterocycles. The lowest BCUT2D eigenvalue weighted by Gasteiger charge is -2.10. The van der Waals surface area contributed by atoms with Gasteiger partial charge in [0.2, 0.25) is 0 Å². The highest BCUT2D eigenvalue weighted by atomic mass is 16.6. The van der Waals surface area contributed by atoms with E-state index in [1.54, 1.807) is 38.5 Å². The fourth-order valence-corrected chi connectivity index (χ4v) is 3.37. The SMILES string of the molecule is COc1ccc(Nc2ccncc2[N+](=O)[O-])c(C)c1.COc1ccc(Nc2ccncc2[N+](=O)[O-])c(C)c1. The molecular weight excluding hydrogens is 492 g/mol. The highest BCUT2D eigenvalue weighted by Crippen LogP contribution is 2.30. The van der Waals surface area contributed by atoms with Crippen LogP contribution in [0.4, 0.5) is 34.1 Å². The van der Waals surface area contributed by atoms with Crippen molar-refractivity contribution in [3.8, 4) is 11.5 Å². The van der Waals surface area contributed by atoms with E-state index in [0.29, 0.717) is 11.4 Å². The summed E-state index contributed by atoms with van der Waals surface area (Å²) in [6, 6.07) is 14.1. The number of nitrogens with one attached hydrogen (secondary N) is 2. The van der Waals surface area contributed by atoms with Crippen molar-refractivity contribution >= 4 is 34.1 Å². The second-order valence-electron chi connectivity index (χ2n) is 7.91. The van der Waals surface area contributed by atoms with Crippen molar-refractivity contribution < 1.29 is 19.3 Å². The average Bonchev–Trinajstić information content (AvgIpc) is 2.91. The minimum Gasteiger partial charge on any atom is -0.497 e. The quantitative estimate of drug-likeness (QED) is 0.206. The summed E-state index contributed by atoms with van der Waals surface area (Å²) < 4.78 is 10.2. The number of rotatable bonds is 8. The van der Waals surface area contributed by atoms with Gasteiger partial charge in [-0.3, -0.25) is 30.2 Å². The molecule has 0 saturated carbocycles. The van der Waals surface area contributed by atoms with Crippen molar-refractivity contribution in [3.05, 3.63) is 105 Å². The van der Waals surface area contributed by atoms with Gasteiger partial charge in [-0.1, -0.05) is 0 Å². The zero-order valence-corrected chi connectivity index (χ0v) is 21.2. The molecule has 0 spiro atoms. The van der Waals surface area contributed by atoms with Crippen molar-refractivity contribution in [2.75, 3.05) is 24.9 Å². The highest BCUT2D eigenvalue weighted by molar-refractivity contribution is 5.71. The summed E-state index contributed by atoms with van der Waals surface area (Å²) in [5, 5.41) is 27.9. The molecule has 0 unspecified atom stereocenters. The number of benzene rings is 2. The van der Waals surface area contributed by atoms with Gasteiger partial charge in [0.05, 0.1) is 24.1 Å². The Bertz CT molecular complexity index is 1340. The van der Waals surface area contributed by atoms with Crippen LogP contribution >= 0.6 is 0 Å². The maximum Gasteiger partial charge on any atom is 0.310 e. The number of hydrogen-bond donors (Lipinski definition) is 2. The Morgan fingerprint density at radius 2 is 1.05 bits per heavy atom. The van der Waals surface area contributed by atoms with E-state index < -0.39 is 9.85 Å². The van der Waals surface area contributed by atoms with Crippen LogP contribution in [-0.4, -0.2) is 34.0 Å². The predicted molar refractivity (Wildman–Crippen MR) is 144 cm³/mol. The van der Waals surface area contributed by atoms with Crippen LogP contribution in [0.15, 0.2) is 73.3 Å². The van der Waals surface area contributed by atoms with Gasteiger partial charge < -0.3 is 20.1 Å². The minimum absolute atomic E-state index is 0.0577. The number of nitro groups is 2. The Kier molecular flexibility index (Phi) is 9.08. The molecular formula is C26H26N6O6. The Morgan fingerprint density at radius 3 is 1.37 bits per heavy atom. The Morgan fingerprint density at radius 1 is 0.658 bits per heavy atom. The molecule has 2 N–H and O–H groups in total. The van der Waals surface area contributed by atoms with Crippen LogP contribution in [0.2, 0.25) is 0 Å². The molecule has 0 saturated heterocycles. The zero-order chi connectivity index (χ0) is 27.7. The van der Waals surface area contributed by atoms with Crippen molar-refractivity contribution in [1.82, 2.24) is 9.97 Å². The summed E-state index contributed by atoms with van der Waals surface area (Å²) in [4.78, 5) is 28.4. The van der Waals surface area contributed by atoms with Crippen LogP contribution in [0.5, 0.6) is 11.5 Å². The standard InChI is InChI=1S/2C13H13N3O3/c2*1-9-7-10(19-2)3-4-11(9)15-12-5-6-14-8-13(12)16(17)18/h2*3-8H,1-2H3,(H,14,15). The second-order valence-corrected chi connectivity index (χ2v) is 7.91. The van der Waals surface area contributed by atoms with E-state index in [1.807, 2.05) is 38.1 Å². The normalized spacial score (nSPS) is 10.0. The number of anilines is 4. The first-order chi connectivity index (χ1) is 18.2. The lowest BCUT2D eigenvalue weighted by atomic mass is 10.2. The number of pyridine rings is 2. The van der Waals surface area contributed by atoms with Crippen LogP contribution in [0.1, 0.15) is 11.1 Å². The third kappa shape index (κ3) is 6.91. The summed E-state index contributed by atoms with van der Waals surface area (Å²) in [5.41, 5.74) is 4.15. The minimum atomic E-state index is -0.464. The molecule has 0 aliphatic heterocycles. The molecule has 0 atom stereocenters. The summed E-state index contributed by atoms with van der Waals surface area (Å²) in [6.07, 6.45) is 5.46. The fraction of sp³-hybridized carbons (Fsp3) is 0.154. The van der Waals surface area contributed by atoms with E-state index in [-0.39, 0.29) is 11.4 Å². The van der Waals surface area contributed by atoms with Gasteiger partial charge >= 0.3 is 11.4 Å². The van der Waals surface area contributed by atoms with Crippen LogP contribution in [0.3, 0.4) is 0 Å². The molecule has 2 aromatic heterocycles. The van der Waals surface area contributed by atoms with Gasteiger partial charge in [-0.05, 0) is 73.5 Å². The summed E-state index contributed by atoms with van der Waals surface area (Å²) >= 11 is 0. The first-order valence-electron chi connectivity index (χ1n) is 11.2. The summed E-state index contributed by atoms with van der Waals surface area (Å²) in [5.74, 6) is 1.49.